The molecule has 1 N–H and O–H groups in total. The van der Waals surface area contributed by atoms with Gasteiger partial charge in [-0.25, -0.2) is 0 Å². The zero-order chi connectivity index (χ0) is 14.9. The summed E-state index contributed by atoms with van der Waals surface area (Å²) in [5, 5.41) is 3.49. The minimum absolute atomic E-state index is 0.491. The van der Waals surface area contributed by atoms with Gasteiger partial charge in [-0.3, -0.25) is 0 Å². The lowest BCUT2D eigenvalue weighted by atomic mass is 9.91. The molecule has 2 nitrogen and oxygen atoms in total. The second-order valence-corrected chi connectivity index (χ2v) is 5.49. The molecule has 0 aliphatic heterocycles. The lowest BCUT2D eigenvalue weighted by molar-refractivity contribution is 0.199. The zero-order valence-electron chi connectivity index (χ0n) is 13.0. The Kier molecular flexibility index (Phi) is 6.45. The highest BCUT2D eigenvalue weighted by molar-refractivity contribution is 5.26. The summed E-state index contributed by atoms with van der Waals surface area (Å²) in [6.45, 7) is 4.76. The van der Waals surface area contributed by atoms with E-state index in [-0.39, 0.29) is 0 Å². The SMILES string of the molecule is COCCNCC(Cc1ccc(C)cc1)c1ccccc1. The first-order valence-corrected chi connectivity index (χ1v) is 7.59. The van der Waals surface area contributed by atoms with Crippen LogP contribution in [0.5, 0.6) is 0 Å². The van der Waals surface area contributed by atoms with Gasteiger partial charge in [0.2, 0.25) is 0 Å². The summed E-state index contributed by atoms with van der Waals surface area (Å²) in [4.78, 5) is 0. The molecule has 112 valence electrons. The maximum atomic E-state index is 5.10. The summed E-state index contributed by atoms with van der Waals surface area (Å²) in [5.74, 6) is 0.491. The molecule has 0 amide bonds. The summed E-state index contributed by atoms with van der Waals surface area (Å²) in [6.07, 6.45) is 1.06. The molecule has 21 heavy (non-hydrogen) atoms. The molecule has 0 heterocycles. The van der Waals surface area contributed by atoms with Gasteiger partial charge in [-0.1, -0.05) is 60.2 Å². The lowest BCUT2D eigenvalue weighted by Gasteiger charge is -2.18. The second-order valence-electron chi connectivity index (χ2n) is 5.49. The molecule has 0 saturated heterocycles. The van der Waals surface area contributed by atoms with Gasteiger partial charge < -0.3 is 10.1 Å². The van der Waals surface area contributed by atoms with Crippen LogP contribution in [-0.4, -0.2) is 26.8 Å². The van der Waals surface area contributed by atoms with E-state index >= 15 is 0 Å². The van der Waals surface area contributed by atoms with E-state index in [1.807, 2.05) is 0 Å². The quantitative estimate of drug-likeness (QED) is 0.748. The topological polar surface area (TPSA) is 21.3 Å². The summed E-state index contributed by atoms with van der Waals surface area (Å²) >= 11 is 0. The predicted octanol–water partition coefficient (Wildman–Crippen LogP) is 3.56. The standard InChI is InChI=1S/C19H25NO/c1-16-8-10-17(11-9-16)14-19(15-20-12-13-21-2)18-6-4-3-5-7-18/h3-11,19-20H,12-15H2,1-2H3. The van der Waals surface area contributed by atoms with Crippen LogP contribution in [0.2, 0.25) is 0 Å². The number of nitrogens with one attached hydrogen (secondary N) is 1. The molecule has 2 heteroatoms. The molecule has 0 fully saturated rings. The molecule has 2 aromatic rings. The molecule has 1 atom stereocenters. The molecule has 1 unspecified atom stereocenters. The van der Waals surface area contributed by atoms with Crippen molar-refractivity contribution in [3.8, 4) is 0 Å². The van der Waals surface area contributed by atoms with Crippen molar-refractivity contribution in [2.45, 2.75) is 19.3 Å². The Labute approximate surface area is 128 Å². The van der Waals surface area contributed by atoms with Crippen molar-refractivity contribution < 1.29 is 4.74 Å². The number of hydrogen-bond donors (Lipinski definition) is 1. The number of benzene rings is 2. The molecule has 0 aromatic heterocycles. The van der Waals surface area contributed by atoms with E-state index < -0.39 is 0 Å². The van der Waals surface area contributed by atoms with E-state index in [2.05, 4.69) is 66.8 Å². The first kappa shape index (κ1) is 15.7. The number of aryl methyl sites for hydroxylation is 1. The van der Waals surface area contributed by atoms with Gasteiger partial charge in [0.25, 0.3) is 0 Å². The number of rotatable bonds is 8. The second kappa shape index (κ2) is 8.60. The van der Waals surface area contributed by atoms with Crippen LogP contribution >= 0.6 is 0 Å². The molecule has 0 radical (unpaired) electrons. The van der Waals surface area contributed by atoms with Crippen LogP contribution in [0.15, 0.2) is 54.6 Å². The molecule has 0 bridgehead atoms. The minimum atomic E-state index is 0.491. The van der Waals surface area contributed by atoms with Gasteiger partial charge in [-0.2, -0.15) is 0 Å². The average Bonchev–Trinajstić information content (AvgIpc) is 2.53. The van der Waals surface area contributed by atoms with Crippen LogP contribution < -0.4 is 5.32 Å². The summed E-state index contributed by atoms with van der Waals surface area (Å²) in [6, 6.07) is 19.6. The predicted molar refractivity (Wildman–Crippen MR) is 88.8 cm³/mol. The van der Waals surface area contributed by atoms with Crippen molar-refractivity contribution in [1.82, 2.24) is 5.32 Å². The van der Waals surface area contributed by atoms with Crippen molar-refractivity contribution >= 4 is 0 Å². The fourth-order valence-electron chi connectivity index (χ4n) is 2.49. The van der Waals surface area contributed by atoms with Crippen molar-refractivity contribution in [3.05, 3.63) is 71.3 Å². The monoisotopic (exact) mass is 283 g/mol. The Morgan fingerprint density at radius 2 is 1.71 bits per heavy atom. The maximum absolute atomic E-state index is 5.10. The van der Waals surface area contributed by atoms with Crippen LogP contribution in [0, 0.1) is 6.92 Å². The molecule has 0 aliphatic carbocycles. The third-order valence-corrected chi connectivity index (χ3v) is 3.75. The van der Waals surface area contributed by atoms with Crippen molar-refractivity contribution in [3.63, 3.8) is 0 Å². The highest BCUT2D eigenvalue weighted by atomic mass is 16.5. The molecule has 0 saturated carbocycles. The molecule has 2 aromatic carbocycles. The molecular weight excluding hydrogens is 258 g/mol. The van der Waals surface area contributed by atoms with Gasteiger partial charge >= 0.3 is 0 Å². The van der Waals surface area contributed by atoms with Crippen molar-refractivity contribution in [1.29, 1.82) is 0 Å². The number of methoxy groups -OCH3 is 1. The summed E-state index contributed by atoms with van der Waals surface area (Å²) in [7, 11) is 1.74. The Morgan fingerprint density at radius 1 is 1.00 bits per heavy atom. The van der Waals surface area contributed by atoms with Crippen LogP contribution in [0.4, 0.5) is 0 Å². The summed E-state index contributed by atoms with van der Waals surface area (Å²) < 4.78 is 5.10. The molecule has 0 spiro atoms. The van der Waals surface area contributed by atoms with Crippen molar-refractivity contribution in [2.24, 2.45) is 0 Å². The van der Waals surface area contributed by atoms with E-state index in [1.165, 1.54) is 16.7 Å². The zero-order valence-corrected chi connectivity index (χ0v) is 13.0. The molecular formula is C19H25NO. The largest absolute Gasteiger partial charge is 0.383 e. The van der Waals surface area contributed by atoms with E-state index in [0.717, 1.165) is 26.1 Å². The van der Waals surface area contributed by atoms with Crippen LogP contribution in [0.1, 0.15) is 22.6 Å². The fourth-order valence-corrected chi connectivity index (χ4v) is 2.49. The molecule has 0 aliphatic rings. The minimum Gasteiger partial charge on any atom is -0.383 e. The smallest absolute Gasteiger partial charge is 0.0587 e. The first-order chi connectivity index (χ1) is 10.3. The third-order valence-electron chi connectivity index (χ3n) is 3.75. The highest BCUT2D eigenvalue weighted by Gasteiger charge is 2.11. The lowest BCUT2D eigenvalue weighted by Crippen LogP contribution is -2.26. The van der Waals surface area contributed by atoms with Gasteiger partial charge in [0.05, 0.1) is 6.61 Å². The van der Waals surface area contributed by atoms with Gasteiger partial charge in [-0.05, 0) is 24.5 Å². The van der Waals surface area contributed by atoms with Crippen LogP contribution in [0.3, 0.4) is 0 Å². The Bertz CT molecular complexity index is 507. The summed E-state index contributed by atoms with van der Waals surface area (Å²) in [5.41, 5.74) is 4.10. The van der Waals surface area contributed by atoms with E-state index in [9.17, 15) is 0 Å². The van der Waals surface area contributed by atoms with E-state index in [0.29, 0.717) is 5.92 Å². The van der Waals surface area contributed by atoms with Gasteiger partial charge in [0.1, 0.15) is 0 Å². The highest BCUT2D eigenvalue weighted by Crippen LogP contribution is 2.20. The number of hydrogen-bond acceptors (Lipinski definition) is 2. The van der Waals surface area contributed by atoms with Gasteiger partial charge in [0, 0.05) is 26.1 Å². The van der Waals surface area contributed by atoms with Crippen molar-refractivity contribution in [2.75, 3.05) is 26.8 Å². The fraction of sp³-hybridized carbons (Fsp3) is 0.368. The van der Waals surface area contributed by atoms with Gasteiger partial charge in [-0.15, -0.1) is 0 Å². The van der Waals surface area contributed by atoms with E-state index in [1.54, 1.807) is 7.11 Å². The van der Waals surface area contributed by atoms with E-state index in [4.69, 9.17) is 4.74 Å². The van der Waals surface area contributed by atoms with Crippen LogP contribution in [-0.2, 0) is 11.2 Å². The Hall–Kier alpha value is -1.64. The molecule has 2 rings (SSSR count). The maximum Gasteiger partial charge on any atom is 0.0587 e. The first-order valence-electron chi connectivity index (χ1n) is 7.59. The Morgan fingerprint density at radius 3 is 2.38 bits per heavy atom. The average molecular weight is 283 g/mol. The Balaban J connectivity index is 2.02. The number of ether oxygens (including phenoxy) is 1. The van der Waals surface area contributed by atoms with Crippen LogP contribution in [0.25, 0.3) is 0 Å². The van der Waals surface area contributed by atoms with Gasteiger partial charge in [0.15, 0.2) is 0 Å². The normalized spacial score (nSPS) is 12.3. The third kappa shape index (κ3) is 5.33.